The van der Waals surface area contributed by atoms with Gasteiger partial charge in [-0.2, -0.15) is 0 Å². The van der Waals surface area contributed by atoms with E-state index in [1.54, 1.807) is 12.1 Å². The molecule has 31 heavy (non-hydrogen) atoms. The van der Waals surface area contributed by atoms with Crippen LogP contribution >= 0.6 is 0 Å². The zero-order valence-electron chi connectivity index (χ0n) is 18.8. The smallest absolute Gasteiger partial charge is 0.239 e. The van der Waals surface area contributed by atoms with Crippen molar-refractivity contribution in [2.75, 3.05) is 44.7 Å². The van der Waals surface area contributed by atoms with Crippen molar-refractivity contribution in [1.29, 1.82) is 0 Å². The van der Waals surface area contributed by atoms with E-state index in [9.17, 15) is 9.18 Å². The van der Waals surface area contributed by atoms with Gasteiger partial charge in [-0.25, -0.2) is 4.39 Å². The number of hydrogen-bond acceptors (Lipinski definition) is 4. The largest absolute Gasteiger partial charge is 0.493 e. The predicted molar refractivity (Wildman–Crippen MR) is 123 cm³/mol. The van der Waals surface area contributed by atoms with Crippen LogP contribution in [0.1, 0.15) is 26.7 Å². The van der Waals surface area contributed by atoms with Crippen LogP contribution in [0.5, 0.6) is 5.75 Å². The maximum atomic E-state index is 13.5. The molecule has 0 saturated carbocycles. The average molecular weight is 428 g/mol. The van der Waals surface area contributed by atoms with E-state index in [0.717, 1.165) is 43.1 Å². The number of piperidine rings is 1. The molecule has 1 saturated heterocycles. The number of nitrogens with one attached hydrogen (secondary N) is 1. The van der Waals surface area contributed by atoms with Crippen molar-refractivity contribution in [3.63, 3.8) is 0 Å². The van der Waals surface area contributed by atoms with Crippen molar-refractivity contribution in [1.82, 2.24) is 10.2 Å². The Balaban J connectivity index is 1.66. The van der Waals surface area contributed by atoms with Gasteiger partial charge in [0.25, 0.3) is 0 Å². The number of halogens is 1. The third-order valence-electron chi connectivity index (χ3n) is 5.60. The number of rotatable bonds is 9. The summed E-state index contributed by atoms with van der Waals surface area (Å²) in [5.74, 6) is 1.43. The fourth-order valence-corrected chi connectivity index (χ4v) is 3.66. The summed E-state index contributed by atoms with van der Waals surface area (Å²) in [7, 11) is 2.13. The first-order valence-corrected chi connectivity index (χ1v) is 11.1. The van der Waals surface area contributed by atoms with E-state index in [-0.39, 0.29) is 18.3 Å². The van der Waals surface area contributed by atoms with Crippen LogP contribution in [-0.2, 0) is 4.79 Å². The van der Waals surface area contributed by atoms with Crippen molar-refractivity contribution in [2.45, 2.75) is 26.7 Å². The average Bonchev–Trinajstić information content (AvgIpc) is 2.77. The van der Waals surface area contributed by atoms with Gasteiger partial charge in [0.1, 0.15) is 18.1 Å². The summed E-state index contributed by atoms with van der Waals surface area (Å²) in [4.78, 5) is 17.0. The van der Waals surface area contributed by atoms with Crippen LogP contribution in [0.15, 0.2) is 48.5 Å². The second kappa shape index (κ2) is 11.1. The van der Waals surface area contributed by atoms with E-state index in [1.165, 1.54) is 12.1 Å². The molecule has 1 fully saturated rings. The van der Waals surface area contributed by atoms with Gasteiger partial charge in [-0.15, -0.1) is 0 Å². The van der Waals surface area contributed by atoms with Crippen LogP contribution in [0.25, 0.3) is 0 Å². The SMILES string of the molecule is CC(C)COc1ccc(N(CC(=O)NCC2CCN(C)CC2)c2ccc(F)cc2)cc1. The molecular weight excluding hydrogens is 393 g/mol. The van der Waals surface area contributed by atoms with Crippen LogP contribution in [0.4, 0.5) is 15.8 Å². The minimum Gasteiger partial charge on any atom is -0.493 e. The molecule has 0 aliphatic carbocycles. The first kappa shape index (κ1) is 23.1. The Hall–Kier alpha value is -2.60. The maximum Gasteiger partial charge on any atom is 0.239 e. The molecule has 2 aromatic rings. The molecular formula is C25H34FN3O2. The van der Waals surface area contributed by atoms with Gasteiger partial charge in [0, 0.05) is 17.9 Å². The topological polar surface area (TPSA) is 44.8 Å². The van der Waals surface area contributed by atoms with Gasteiger partial charge in [-0.1, -0.05) is 13.8 Å². The third kappa shape index (κ3) is 7.24. The number of hydrogen-bond donors (Lipinski definition) is 1. The fraction of sp³-hybridized carbons (Fsp3) is 0.480. The highest BCUT2D eigenvalue weighted by Crippen LogP contribution is 2.27. The quantitative estimate of drug-likeness (QED) is 0.642. The first-order valence-electron chi connectivity index (χ1n) is 11.1. The molecule has 1 heterocycles. The summed E-state index contributed by atoms with van der Waals surface area (Å²) >= 11 is 0. The Bertz CT molecular complexity index is 816. The van der Waals surface area contributed by atoms with Crippen molar-refractivity contribution in [3.8, 4) is 5.75 Å². The van der Waals surface area contributed by atoms with Gasteiger partial charge in [0.15, 0.2) is 0 Å². The Morgan fingerprint density at radius 3 is 2.26 bits per heavy atom. The zero-order valence-corrected chi connectivity index (χ0v) is 18.8. The van der Waals surface area contributed by atoms with Crippen molar-refractivity contribution in [2.24, 2.45) is 11.8 Å². The Labute approximate surface area is 185 Å². The lowest BCUT2D eigenvalue weighted by Crippen LogP contribution is -2.40. The number of benzene rings is 2. The summed E-state index contributed by atoms with van der Waals surface area (Å²) in [6, 6.07) is 13.9. The van der Waals surface area contributed by atoms with E-state index in [2.05, 4.69) is 31.1 Å². The Kier molecular flexibility index (Phi) is 8.29. The van der Waals surface area contributed by atoms with Crippen LogP contribution in [0.2, 0.25) is 0 Å². The first-order chi connectivity index (χ1) is 14.9. The second-order valence-corrected chi connectivity index (χ2v) is 8.81. The highest BCUT2D eigenvalue weighted by atomic mass is 19.1. The van der Waals surface area contributed by atoms with E-state index < -0.39 is 0 Å². The molecule has 5 nitrogen and oxygen atoms in total. The zero-order chi connectivity index (χ0) is 22.2. The molecule has 0 aromatic heterocycles. The summed E-state index contributed by atoms with van der Waals surface area (Å²) in [6.45, 7) is 7.89. The summed E-state index contributed by atoms with van der Waals surface area (Å²) in [5.41, 5.74) is 1.63. The molecule has 1 aliphatic heterocycles. The molecule has 1 amide bonds. The van der Waals surface area contributed by atoms with Gasteiger partial charge >= 0.3 is 0 Å². The van der Waals surface area contributed by atoms with Gasteiger partial charge in [-0.3, -0.25) is 4.79 Å². The Morgan fingerprint density at radius 1 is 1.10 bits per heavy atom. The number of likely N-dealkylation sites (tertiary alicyclic amines) is 1. The molecule has 0 bridgehead atoms. The number of amides is 1. The Morgan fingerprint density at radius 2 is 1.68 bits per heavy atom. The lowest BCUT2D eigenvalue weighted by atomic mass is 9.97. The van der Waals surface area contributed by atoms with Gasteiger partial charge in [0.2, 0.25) is 5.91 Å². The molecule has 0 atom stereocenters. The van der Waals surface area contributed by atoms with Crippen molar-refractivity contribution in [3.05, 3.63) is 54.3 Å². The number of ether oxygens (including phenoxy) is 1. The van der Waals surface area contributed by atoms with E-state index in [4.69, 9.17) is 4.74 Å². The second-order valence-electron chi connectivity index (χ2n) is 8.81. The number of nitrogens with zero attached hydrogens (tertiary/aromatic N) is 2. The molecule has 1 aliphatic rings. The predicted octanol–water partition coefficient (Wildman–Crippen LogP) is 4.46. The molecule has 6 heteroatoms. The van der Waals surface area contributed by atoms with Crippen LogP contribution in [0, 0.1) is 17.7 Å². The van der Waals surface area contributed by atoms with Gasteiger partial charge < -0.3 is 19.9 Å². The van der Waals surface area contributed by atoms with E-state index in [1.807, 2.05) is 29.2 Å². The van der Waals surface area contributed by atoms with Crippen LogP contribution in [0.3, 0.4) is 0 Å². The molecule has 3 rings (SSSR count). The van der Waals surface area contributed by atoms with Crippen LogP contribution < -0.4 is 15.0 Å². The molecule has 1 N–H and O–H groups in total. The van der Waals surface area contributed by atoms with Gasteiger partial charge in [-0.05, 0) is 93.3 Å². The fourth-order valence-electron chi connectivity index (χ4n) is 3.66. The standard InChI is InChI=1S/C25H34FN3O2/c1-19(2)18-31-24-10-8-23(9-11-24)29(22-6-4-21(26)5-7-22)17-25(30)27-16-20-12-14-28(3)15-13-20/h4-11,19-20H,12-18H2,1-3H3,(H,27,30). The maximum absolute atomic E-state index is 13.5. The number of anilines is 2. The lowest BCUT2D eigenvalue weighted by Gasteiger charge is -2.29. The monoisotopic (exact) mass is 427 g/mol. The summed E-state index contributed by atoms with van der Waals surface area (Å²) in [5, 5.41) is 3.09. The normalized spacial score (nSPS) is 15.1. The summed E-state index contributed by atoms with van der Waals surface area (Å²) in [6.07, 6.45) is 2.21. The molecule has 0 unspecified atom stereocenters. The van der Waals surface area contributed by atoms with E-state index >= 15 is 0 Å². The molecule has 0 spiro atoms. The van der Waals surface area contributed by atoms with Crippen molar-refractivity contribution >= 4 is 17.3 Å². The lowest BCUT2D eigenvalue weighted by molar-refractivity contribution is -0.119. The van der Waals surface area contributed by atoms with Crippen LogP contribution in [-0.4, -0.2) is 50.6 Å². The number of carbonyl (C=O) groups excluding carboxylic acids is 1. The van der Waals surface area contributed by atoms with Gasteiger partial charge in [0.05, 0.1) is 6.61 Å². The highest BCUT2D eigenvalue weighted by Gasteiger charge is 2.19. The molecule has 0 radical (unpaired) electrons. The van der Waals surface area contributed by atoms with Crippen molar-refractivity contribution < 1.29 is 13.9 Å². The third-order valence-corrected chi connectivity index (χ3v) is 5.60. The van der Waals surface area contributed by atoms with E-state index in [0.29, 0.717) is 25.0 Å². The molecule has 2 aromatic carbocycles. The number of carbonyl (C=O) groups is 1. The molecule has 168 valence electrons. The summed E-state index contributed by atoms with van der Waals surface area (Å²) < 4.78 is 19.2. The minimum atomic E-state index is -0.298. The highest BCUT2D eigenvalue weighted by molar-refractivity contribution is 5.84. The minimum absolute atomic E-state index is 0.0385.